The predicted molar refractivity (Wildman–Crippen MR) is 105 cm³/mol. The van der Waals surface area contributed by atoms with Crippen molar-refractivity contribution in [3.05, 3.63) is 45.3 Å². The summed E-state index contributed by atoms with van der Waals surface area (Å²) >= 11 is 7.47. The number of halogens is 1. The summed E-state index contributed by atoms with van der Waals surface area (Å²) in [6, 6.07) is 9.22. The number of thiophene rings is 1. The lowest BCUT2D eigenvalue weighted by molar-refractivity contribution is -0.122. The third-order valence-electron chi connectivity index (χ3n) is 4.77. The molecule has 2 atom stereocenters. The Hall–Kier alpha value is -2.03. The summed E-state index contributed by atoms with van der Waals surface area (Å²) in [5.41, 5.74) is 1.73. The molecule has 1 N–H and O–H groups in total. The lowest BCUT2D eigenvalue weighted by Crippen LogP contribution is -2.30. The largest absolute Gasteiger partial charge is 0.481 e. The van der Waals surface area contributed by atoms with Crippen molar-refractivity contribution in [1.82, 2.24) is 0 Å². The zero-order valence-corrected chi connectivity index (χ0v) is 16.4. The number of ether oxygens (including phenoxy) is 1. The topological polar surface area (TPSA) is 62.1 Å². The lowest BCUT2D eigenvalue weighted by Gasteiger charge is -2.20. The van der Waals surface area contributed by atoms with Gasteiger partial charge in [0.25, 0.3) is 5.91 Å². The monoisotopic (exact) mass is 388 g/mol. The van der Waals surface area contributed by atoms with Gasteiger partial charge in [0.1, 0.15) is 16.8 Å². The van der Waals surface area contributed by atoms with E-state index in [1.807, 2.05) is 0 Å². The molecule has 1 heterocycles. The number of carbonyl (C=O) groups is 1. The van der Waals surface area contributed by atoms with E-state index in [2.05, 4.69) is 18.3 Å². The van der Waals surface area contributed by atoms with E-state index in [1.54, 1.807) is 31.2 Å². The van der Waals surface area contributed by atoms with Crippen molar-refractivity contribution in [3.63, 3.8) is 0 Å². The standard InChI is InChI=1S/C20H21ClN2O2S/c1-3-13-7-8-16-17(11-22)20(26-18(16)9-13)23-19(24)12(2)25-15-6-4-5-14(21)10-15/h4-6,10,12-13H,3,7-9H2,1-2H3,(H,23,24). The Morgan fingerprint density at radius 3 is 3.04 bits per heavy atom. The van der Waals surface area contributed by atoms with Crippen LogP contribution in [0.1, 0.15) is 42.7 Å². The van der Waals surface area contributed by atoms with Gasteiger partial charge in [-0.1, -0.05) is 31.0 Å². The van der Waals surface area contributed by atoms with Crippen molar-refractivity contribution >= 4 is 33.8 Å². The minimum Gasteiger partial charge on any atom is -0.481 e. The van der Waals surface area contributed by atoms with Crippen molar-refractivity contribution in [2.45, 2.75) is 45.6 Å². The second kappa shape index (κ2) is 8.11. The number of anilines is 1. The normalized spacial score (nSPS) is 17.1. The summed E-state index contributed by atoms with van der Waals surface area (Å²) in [5.74, 6) is 0.936. The lowest BCUT2D eigenvalue weighted by atomic mass is 9.86. The van der Waals surface area contributed by atoms with Crippen LogP contribution in [0.5, 0.6) is 5.75 Å². The molecule has 1 aromatic carbocycles. The van der Waals surface area contributed by atoms with Gasteiger partial charge in [0.2, 0.25) is 0 Å². The van der Waals surface area contributed by atoms with Crippen LogP contribution in [0.2, 0.25) is 5.02 Å². The molecule has 1 aliphatic carbocycles. The van der Waals surface area contributed by atoms with Crippen molar-refractivity contribution in [1.29, 1.82) is 5.26 Å². The van der Waals surface area contributed by atoms with E-state index >= 15 is 0 Å². The summed E-state index contributed by atoms with van der Waals surface area (Å²) in [5, 5.41) is 13.6. The number of fused-ring (bicyclic) bond motifs is 1. The summed E-state index contributed by atoms with van der Waals surface area (Å²) in [7, 11) is 0. The summed E-state index contributed by atoms with van der Waals surface area (Å²) in [6.45, 7) is 3.88. The van der Waals surface area contributed by atoms with Crippen molar-refractivity contribution in [3.8, 4) is 11.8 Å². The molecule has 1 amide bonds. The predicted octanol–water partition coefficient (Wildman–Crippen LogP) is 5.19. The van der Waals surface area contributed by atoms with E-state index in [1.165, 1.54) is 16.2 Å². The van der Waals surface area contributed by atoms with Gasteiger partial charge in [0, 0.05) is 9.90 Å². The number of amides is 1. The van der Waals surface area contributed by atoms with Gasteiger partial charge in [-0.2, -0.15) is 5.26 Å². The van der Waals surface area contributed by atoms with E-state index in [4.69, 9.17) is 16.3 Å². The van der Waals surface area contributed by atoms with E-state index in [0.717, 1.165) is 31.2 Å². The number of hydrogen-bond donors (Lipinski definition) is 1. The molecule has 1 aliphatic rings. The quantitative estimate of drug-likeness (QED) is 0.766. The van der Waals surface area contributed by atoms with Crippen LogP contribution in [0, 0.1) is 17.2 Å². The first kappa shape index (κ1) is 18.8. The molecule has 0 bridgehead atoms. The van der Waals surface area contributed by atoms with Gasteiger partial charge in [-0.05, 0) is 55.9 Å². The van der Waals surface area contributed by atoms with Crippen LogP contribution in [0.25, 0.3) is 0 Å². The Labute approximate surface area is 162 Å². The van der Waals surface area contributed by atoms with Gasteiger partial charge in [0.15, 0.2) is 6.10 Å². The van der Waals surface area contributed by atoms with Crippen molar-refractivity contribution < 1.29 is 9.53 Å². The first-order valence-electron chi connectivity index (χ1n) is 8.79. The second-order valence-electron chi connectivity index (χ2n) is 6.54. The molecule has 2 aromatic rings. The number of nitrogens with one attached hydrogen (secondary N) is 1. The van der Waals surface area contributed by atoms with E-state index < -0.39 is 6.10 Å². The number of hydrogen-bond acceptors (Lipinski definition) is 4. The van der Waals surface area contributed by atoms with Gasteiger partial charge < -0.3 is 10.1 Å². The van der Waals surface area contributed by atoms with Crippen LogP contribution in [0.4, 0.5) is 5.00 Å². The zero-order valence-electron chi connectivity index (χ0n) is 14.8. The zero-order chi connectivity index (χ0) is 18.7. The molecule has 0 saturated heterocycles. The van der Waals surface area contributed by atoms with Crippen LogP contribution < -0.4 is 10.1 Å². The maximum atomic E-state index is 12.5. The Bertz CT molecular complexity index is 856. The molecule has 2 unspecified atom stereocenters. The fourth-order valence-corrected chi connectivity index (χ4v) is 4.72. The second-order valence-corrected chi connectivity index (χ2v) is 8.09. The van der Waals surface area contributed by atoms with Gasteiger partial charge in [0.05, 0.1) is 5.56 Å². The molecule has 0 saturated carbocycles. The minimum atomic E-state index is -0.692. The summed E-state index contributed by atoms with van der Waals surface area (Å²) in [6.07, 6.45) is 3.47. The van der Waals surface area contributed by atoms with Gasteiger partial charge in [-0.25, -0.2) is 0 Å². The molecule has 26 heavy (non-hydrogen) atoms. The smallest absolute Gasteiger partial charge is 0.265 e. The highest BCUT2D eigenvalue weighted by atomic mass is 35.5. The third-order valence-corrected chi connectivity index (χ3v) is 6.18. The third kappa shape index (κ3) is 4.03. The van der Waals surface area contributed by atoms with Gasteiger partial charge in [-0.3, -0.25) is 4.79 Å². The van der Waals surface area contributed by atoms with Crippen LogP contribution >= 0.6 is 22.9 Å². The molecular weight excluding hydrogens is 368 g/mol. The molecule has 0 fully saturated rings. The van der Waals surface area contributed by atoms with Crippen molar-refractivity contribution in [2.24, 2.45) is 5.92 Å². The van der Waals surface area contributed by atoms with Gasteiger partial charge >= 0.3 is 0 Å². The molecule has 0 spiro atoms. The maximum absolute atomic E-state index is 12.5. The highest BCUT2D eigenvalue weighted by molar-refractivity contribution is 7.16. The molecule has 1 aromatic heterocycles. The molecule has 6 heteroatoms. The van der Waals surface area contributed by atoms with Crippen LogP contribution in [0.15, 0.2) is 24.3 Å². The Morgan fingerprint density at radius 1 is 1.54 bits per heavy atom. The Kier molecular flexibility index (Phi) is 5.85. The highest BCUT2D eigenvalue weighted by Crippen LogP contribution is 2.40. The maximum Gasteiger partial charge on any atom is 0.265 e. The van der Waals surface area contributed by atoms with E-state index in [-0.39, 0.29) is 5.91 Å². The number of carbonyl (C=O) groups excluding carboxylic acids is 1. The highest BCUT2D eigenvalue weighted by Gasteiger charge is 2.26. The Balaban J connectivity index is 1.73. The fraction of sp³-hybridized carbons (Fsp3) is 0.400. The fourth-order valence-electron chi connectivity index (χ4n) is 3.22. The van der Waals surface area contributed by atoms with E-state index in [0.29, 0.717) is 27.3 Å². The van der Waals surface area contributed by atoms with Crippen molar-refractivity contribution in [2.75, 3.05) is 5.32 Å². The van der Waals surface area contributed by atoms with Crippen LogP contribution in [-0.2, 0) is 17.6 Å². The molecular formula is C20H21ClN2O2S. The molecule has 136 valence electrons. The average molecular weight is 389 g/mol. The number of nitriles is 1. The van der Waals surface area contributed by atoms with Crippen LogP contribution in [0.3, 0.4) is 0 Å². The Morgan fingerprint density at radius 2 is 2.35 bits per heavy atom. The SMILES string of the molecule is CCC1CCc2c(sc(NC(=O)C(C)Oc3cccc(Cl)c3)c2C#N)C1. The number of rotatable bonds is 5. The molecule has 0 radical (unpaired) electrons. The van der Waals surface area contributed by atoms with E-state index in [9.17, 15) is 10.1 Å². The first-order valence-corrected chi connectivity index (χ1v) is 9.99. The number of nitrogens with zero attached hydrogens (tertiary/aromatic N) is 1. The minimum absolute atomic E-state index is 0.271. The van der Waals surface area contributed by atoms with Crippen LogP contribution in [-0.4, -0.2) is 12.0 Å². The summed E-state index contributed by atoms with van der Waals surface area (Å²) < 4.78 is 5.66. The average Bonchev–Trinajstić information content (AvgIpc) is 2.97. The molecule has 3 rings (SSSR count). The molecule has 0 aliphatic heterocycles. The summed E-state index contributed by atoms with van der Waals surface area (Å²) in [4.78, 5) is 13.8. The first-order chi connectivity index (χ1) is 12.5. The van der Waals surface area contributed by atoms with Gasteiger partial charge in [-0.15, -0.1) is 11.3 Å². The number of benzene rings is 1. The molecule has 4 nitrogen and oxygen atoms in total.